The molecule has 1 heterocycles. The van der Waals surface area contributed by atoms with E-state index in [0.29, 0.717) is 18.2 Å². The van der Waals surface area contributed by atoms with Crippen LogP contribution in [0.4, 0.5) is 0 Å². The molecule has 3 rings (SSSR count). The van der Waals surface area contributed by atoms with Crippen LogP contribution in [0, 0.1) is 0 Å². The van der Waals surface area contributed by atoms with Gasteiger partial charge < -0.3 is 9.84 Å². The van der Waals surface area contributed by atoms with Crippen LogP contribution in [0.5, 0.6) is 11.5 Å². The molecule has 1 saturated heterocycles. The zero-order valence-electron chi connectivity index (χ0n) is 15.2. The molecule has 8 heteroatoms. The summed E-state index contributed by atoms with van der Waals surface area (Å²) in [4.78, 5) is 15.4. The molecule has 0 aliphatic carbocycles. The van der Waals surface area contributed by atoms with E-state index in [2.05, 4.69) is 0 Å². The predicted octanol–water partition coefficient (Wildman–Crippen LogP) is 1.91. The SMILES string of the molecule is CN1CN(C)CC(C(=O)O)(S(=O)(=O)c2cccc(Oc3ccccc3)c2)C1. The molecule has 0 bridgehead atoms. The third-order valence-electron chi connectivity index (χ3n) is 4.53. The Kier molecular flexibility index (Phi) is 5.23. The number of carboxylic acids is 1. The van der Waals surface area contributed by atoms with Gasteiger partial charge in [0.1, 0.15) is 11.5 Å². The number of nitrogens with zero attached hydrogens (tertiary/aromatic N) is 2. The van der Waals surface area contributed by atoms with E-state index < -0.39 is 20.6 Å². The molecule has 2 aromatic carbocycles. The van der Waals surface area contributed by atoms with Gasteiger partial charge in [-0.1, -0.05) is 24.3 Å². The zero-order chi connectivity index (χ0) is 19.7. The number of hydrogen-bond donors (Lipinski definition) is 1. The molecule has 1 aliphatic rings. The number of carbonyl (C=O) groups is 1. The lowest BCUT2D eigenvalue weighted by molar-refractivity contribution is -0.142. The molecule has 2 aromatic rings. The Hall–Kier alpha value is -2.42. The molecule has 0 radical (unpaired) electrons. The third-order valence-corrected chi connectivity index (χ3v) is 6.87. The number of hydrogen-bond acceptors (Lipinski definition) is 6. The molecule has 7 nitrogen and oxygen atoms in total. The van der Waals surface area contributed by atoms with Crippen molar-refractivity contribution in [3.63, 3.8) is 0 Å². The molecule has 27 heavy (non-hydrogen) atoms. The van der Waals surface area contributed by atoms with Crippen LogP contribution in [0.15, 0.2) is 59.5 Å². The summed E-state index contributed by atoms with van der Waals surface area (Å²) in [7, 11) is -0.754. The number of ether oxygens (including phenoxy) is 1. The fourth-order valence-corrected chi connectivity index (χ4v) is 5.40. The highest BCUT2D eigenvalue weighted by Crippen LogP contribution is 2.33. The summed E-state index contributed by atoms with van der Waals surface area (Å²) < 4.78 is 30.5. The van der Waals surface area contributed by atoms with Gasteiger partial charge in [-0.2, -0.15) is 0 Å². The second-order valence-electron chi connectivity index (χ2n) is 6.86. The Balaban J connectivity index is 2.00. The summed E-state index contributed by atoms with van der Waals surface area (Å²) in [5.41, 5.74) is 0. The molecule has 0 amide bonds. The first-order chi connectivity index (χ1) is 12.7. The highest BCUT2D eigenvalue weighted by molar-refractivity contribution is 7.93. The Bertz CT molecular complexity index is 920. The fraction of sp³-hybridized carbons (Fsp3) is 0.316. The van der Waals surface area contributed by atoms with E-state index >= 15 is 0 Å². The van der Waals surface area contributed by atoms with Crippen LogP contribution in [0.2, 0.25) is 0 Å². The van der Waals surface area contributed by atoms with Crippen molar-refractivity contribution in [2.24, 2.45) is 0 Å². The van der Waals surface area contributed by atoms with Gasteiger partial charge in [-0.15, -0.1) is 0 Å². The molecule has 0 unspecified atom stereocenters. The van der Waals surface area contributed by atoms with Crippen molar-refractivity contribution >= 4 is 15.8 Å². The van der Waals surface area contributed by atoms with E-state index in [0.717, 1.165) is 0 Å². The number of carboxylic acid groups (broad SMARTS) is 1. The van der Waals surface area contributed by atoms with Crippen molar-refractivity contribution in [2.75, 3.05) is 33.9 Å². The maximum atomic E-state index is 13.4. The summed E-state index contributed by atoms with van der Waals surface area (Å²) in [6, 6.07) is 15.0. The van der Waals surface area contributed by atoms with Crippen molar-refractivity contribution in [3.05, 3.63) is 54.6 Å². The fourth-order valence-electron chi connectivity index (χ4n) is 3.41. The van der Waals surface area contributed by atoms with Crippen molar-refractivity contribution in [1.29, 1.82) is 0 Å². The Morgan fingerprint density at radius 1 is 1.00 bits per heavy atom. The first-order valence-electron chi connectivity index (χ1n) is 8.43. The van der Waals surface area contributed by atoms with Crippen molar-refractivity contribution in [1.82, 2.24) is 9.80 Å². The van der Waals surface area contributed by atoms with Crippen LogP contribution in [0.25, 0.3) is 0 Å². The zero-order valence-corrected chi connectivity index (χ0v) is 16.0. The summed E-state index contributed by atoms with van der Waals surface area (Å²) in [5, 5.41) is 9.86. The van der Waals surface area contributed by atoms with Crippen LogP contribution in [-0.4, -0.2) is 67.9 Å². The highest BCUT2D eigenvalue weighted by atomic mass is 32.2. The lowest BCUT2D eigenvalue weighted by atomic mass is 10.1. The molecular weight excluding hydrogens is 368 g/mol. The van der Waals surface area contributed by atoms with E-state index in [1.807, 2.05) is 18.2 Å². The normalized spacial score (nSPS) is 18.1. The van der Waals surface area contributed by atoms with Crippen LogP contribution in [0.3, 0.4) is 0 Å². The third kappa shape index (κ3) is 3.69. The second-order valence-corrected chi connectivity index (χ2v) is 9.12. The van der Waals surface area contributed by atoms with Crippen LogP contribution >= 0.6 is 0 Å². The van der Waals surface area contributed by atoms with Gasteiger partial charge in [0.25, 0.3) is 0 Å². The summed E-state index contributed by atoms with van der Waals surface area (Å²) in [5.74, 6) is -0.451. The maximum Gasteiger partial charge on any atom is 0.328 e. The quantitative estimate of drug-likeness (QED) is 0.834. The van der Waals surface area contributed by atoms with E-state index in [-0.39, 0.29) is 18.0 Å². The largest absolute Gasteiger partial charge is 0.480 e. The molecule has 1 fully saturated rings. The standard InChI is InChI=1S/C19H22N2O5S/c1-20-12-19(18(22)23,13-21(2)14-20)27(24,25)17-10-6-9-16(11-17)26-15-7-4-3-5-8-15/h3-11H,12-14H2,1-2H3,(H,22,23). The maximum absolute atomic E-state index is 13.4. The Morgan fingerprint density at radius 3 is 2.19 bits per heavy atom. The van der Waals surface area contributed by atoms with E-state index in [1.54, 1.807) is 48.2 Å². The van der Waals surface area contributed by atoms with Crippen molar-refractivity contribution < 1.29 is 23.1 Å². The number of benzene rings is 2. The van der Waals surface area contributed by atoms with Crippen molar-refractivity contribution in [2.45, 2.75) is 9.64 Å². The Labute approximate surface area is 158 Å². The van der Waals surface area contributed by atoms with E-state index in [4.69, 9.17) is 4.74 Å². The Morgan fingerprint density at radius 2 is 1.59 bits per heavy atom. The molecule has 144 valence electrons. The molecule has 1 aliphatic heterocycles. The molecule has 0 atom stereocenters. The van der Waals surface area contributed by atoms with Gasteiger partial charge >= 0.3 is 5.97 Å². The van der Waals surface area contributed by atoms with Gasteiger partial charge in [0.15, 0.2) is 14.6 Å². The lowest BCUT2D eigenvalue weighted by Crippen LogP contribution is -2.64. The predicted molar refractivity (Wildman–Crippen MR) is 101 cm³/mol. The molecule has 0 saturated carbocycles. The van der Waals surface area contributed by atoms with Crippen molar-refractivity contribution in [3.8, 4) is 11.5 Å². The van der Waals surface area contributed by atoms with Gasteiger partial charge in [-0.3, -0.25) is 14.6 Å². The van der Waals surface area contributed by atoms with E-state index in [9.17, 15) is 18.3 Å². The highest BCUT2D eigenvalue weighted by Gasteiger charge is 2.55. The van der Waals surface area contributed by atoms with Crippen LogP contribution in [-0.2, 0) is 14.6 Å². The number of rotatable bonds is 5. The summed E-state index contributed by atoms with van der Waals surface area (Å²) >= 11 is 0. The van der Waals surface area contributed by atoms with Gasteiger partial charge in [0, 0.05) is 13.1 Å². The molecule has 0 spiro atoms. The van der Waals surface area contributed by atoms with E-state index in [1.165, 1.54) is 12.1 Å². The summed E-state index contributed by atoms with van der Waals surface area (Å²) in [6.45, 7) is 0.333. The topological polar surface area (TPSA) is 87.2 Å². The van der Waals surface area contributed by atoms with Crippen LogP contribution in [0.1, 0.15) is 0 Å². The van der Waals surface area contributed by atoms with Gasteiger partial charge in [0.05, 0.1) is 11.6 Å². The number of aliphatic carboxylic acids is 1. The lowest BCUT2D eigenvalue weighted by Gasteiger charge is -2.42. The summed E-state index contributed by atoms with van der Waals surface area (Å²) in [6.07, 6.45) is 0. The second kappa shape index (κ2) is 7.30. The number of sulfone groups is 1. The van der Waals surface area contributed by atoms with Gasteiger partial charge in [0.2, 0.25) is 0 Å². The van der Waals surface area contributed by atoms with Crippen LogP contribution < -0.4 is 4.74 Å². The first-order valence-corrected chi connectivity index (χ1v) is 9.91. The smallest absolute Gasteiger partial charge is 0.328 e. The average Bonchev–Trinajstić information content (AvgIpc) is 2.61. The molecule has 1 N–H and O–H groups in total. The minimum atomic E-state index is -4.17. The minimum Gasteiger partial charge on any atom is -0.480 e. The average molecular weight is 390 g/mol. The number of para-hydroxylation sites is 1. The molecular formula is C19H22N2O5S. The van der Waals surface area contributed by atoms with Gasteiger partial charge in [-0.05, 0) is 44.4 Å². The first kappa shape index (κ1) is 19.3. The van der Waals surface area contributed by atoms with Gasteiger partial charge in [-0.25, -0.2) is 8.42 Å². The monoisotopic (exact) mass is 390 g/mol. The minimum absolute atomic E-state index is 0.0676. The molecule has 0 aromatic heterocycles.